The van der Waals surface area contributed by atoms with Crippen molar-refractivity contribution in [2.45, 2.75) is 18.8 Å². The van der Waals surface area contributed by atoms with E-state index in [-0.39, 0.29) is 5.82 Å². The van der Waals surface area contributed by atoms with Crippen LogP contribution in [0.4, 0.5) is 4.39 Å². The molecule has 0 amide bonds. The van der Waals surface area contributed by atoms with Crippen molar-refractivity contribution in [2.24, 2.45) is 0 Å². The normalized spacial score (nSPS) is 11.1. The highest BCUT2D eigenvalue weighted by Crippen LogP contribution is 2.17. The van der Waals surface area contributed by atoms with E-state index in [9.17, 15) is 4.39 Å². The minimum atomic E-state index is -0.183. The summed E-state index contributed by atoms with van der Waals surface area (Å²) in [4.78, 5) is 8.77. The lowest BCUT2D eigenvalue weighted by Gasteiger charge is -2.07. The molecule has 3 nitrogen and oxygen atoms in total. The summed E-state index contributed by atoms with van der Waals surface area (Å²) in [7, 11) is 0. The Hall–Kier alpha value is -1.94. The first-order valence-electron chi connectivity index (χ1n) is 6.39. The third-order valence-corrected chi connectivity index (χ3v) is 3.50. The van der Waals surface area contributed by atoms with Crippen LogP contribution in [0.1, 0.15) is 11.4 Å². The van der Waals surface area contributed by atoms with E-state index in [0.717, 1.165) is 17.0 Å². The van der Waals surface area contributed by atoms with Crippen molar-refractivity contribution >= 4 is 22.8 Å². The van der Waals surface area contributed by atoms with Gasteiger partial charge in [0.25, 0.3) is 0 Å². The predicted molar refractivity (Wildman–Crippen MR) is 77.2 cm³/mol. The van der Waals surface area contributed by atoms with Crippen LogP contribution in [-0.4, -0.2) is 14.5 Å². The number of alkyl halides is 1. The number of rotatable bonds is 4. The van der Waals surface area contributed by atoms with Crippen molar-refractivity contribution < 1.29 is 4.39 Å². The van der Waals surface area contributed by atoms with E-state index in [1.807, 2.05) is 22.8 Å². The molecule has 0 fully saturated rings. The number of hydrogen-bond donors (Lipinski definition) is 0. The van der Waals surface area contributed by atoms with Crippen LogP contribution >= 0.6 is 11.6 Å². The molecule has 3 rings (SSSR count). The highest BCUT2D eigenvalue weighted by molar-refractivity contribution is 6.16. The third kappa shape index (κ3) is 2.39. The molecule has 0 aliphatic rings. The van der Waals surface area contributed by atoms with Gasteiger partial charge in [-0.05, 0) is 30.2 Å². The van der Waals surface area contributed by atoms with Gasteiger partial charge >= 0.3 is 0 Å². The Morgan fingerprint density at radius 2 is 2.00 bits per heavy atom. The molecule has 0 atom stereocenters. The monoisotopic (exact) mass is 289 g/mol. The Balaban J connectivity index is 1.92. The Labute approximate surface area is 121 Å². The van der Waals surface area contributed by atoms with E-state index < -0.39 is 0 Å². The van der Waals surface area contributed by atoms with Gasteiger partial charge in [0.05, 0.1) is 5.88 Å². The second-order valence-corrected chi connectivity index (χ2v) is 4.77. The number of fused-ring (bicyclic) bond motifs is 1. The molecule has 1 aromatic carbocycles. The summed E-state index contributed by atoms with van der Waals surface area (Å²) in [5, 5.41) is 0. The SMILES string of the molecule is Fc1ccccc1CCn1c(CCl)nc2cccnc21. The largest absolute Gasteiger partial charge is 0.311 e. The van der Waals surface area contributed by atoms with Crippen LogP contribution in [0.3, 0.4) is 0 Å². The molecule has 0 spiro atoms. The topological polar surface area (TPSA) is 30.7 Å². The molecule has 0 saturated carbocycles. The van der Waals surface area contributed by atoms with E-state index in [1.54, 1.807) is 18.3 Å². The fourth-order valence-corrected chi connectivity index (χ4v) is 2.48. The summed E-state index contributed by atoms with van der Waals surface area (Å²) in [6.07, 6.45) is 2.31. The molecule has 0 aliphatic carbocycles. The van der Waals surface area contributed by atoms with Crippen LogP contribution < -0.4 is 0 Å². The number of benzene rings is 1. The molecule has 0 saturated heterocycles. The number of aromatic nitrogens is 3. The minimum Gasteiger partial charge on any atom is -0.311 e. The fourth-order valence-electron chi connectivity index (χ4n) is 2.28. The first-order valence-corrected chi connectivity index (χ1v) is 6.92. The Bertz CT molecular complexity index is 739. The molecule has 0 unspecified atom stereocenters. The van der Waals surface area contributed by atoms with Crippen molar-refractivity contribution in [3.63, 3.8) is 0 Å². The van der Waals surface area contributed by atoms with E-state index >= 15 is 0 Å². The lowest BCUT2D eigenvalue weighted by atomic mass is 10.1. The Kier molecular flexibility index (Phi) is 3.65. The zero-order valence-electron chi connectivity index (χ0n) is 10.8. The van der Waals surface area contributed by atoms with Gasteiger partial charge in [0, 0.05) is 12.7 Å². The van der Waals surface area contributed by atoms with E-state index in [0.29, 0.717) is 24.4 Å². The number of nitrogens with zero attached hydrogens (tertiary/aromatic N) is 3. The van der Waals surface area contributed by atoms with Gasteiger partial charge in [0.1, 0.15) is 17.2 Å². The van der Waals surface area contributed by atoms with E-state index in [2.05, 4.69) is 9.97 Å². The molecule has 5 heteroatoms. The summed E-state index contributed by atoms with van der Waals surface area (Å²) >= 11 is 5.93. The number of imidazole rings is 1. The molecule has 3 aromatic rings. The van der Waals surface area contributed by atoms with Gasteiger partial charge in [-0.2, -0.15) is 0 Å². The number of aryl methyl sites for hydroxylation is 2. The number of hydrogen-bond acceptors (Lipinski definition) is 2. The molecule has 102 valence electrons. The van der Waals surface area contributed by atoms with Gasteiger partial charge < -0.3 is 4.57 Å². The summed E-state index contributed by atoms with van der Waals surface area (Å²) in [6, 6.07) is 10.5. The quantitative estimate of drug-likeness (QED) is 0.688. The first-order chi connectivity index (χ1) is 9.79. The van der Waals surface area contributed by atoms with Gasteiger partial charge in [0.15, 0.2) is 5.65 Å². The molecular formula is C15H13ClFN3. The van der Waals surface area contributed by atoms with Crippen molar-refractivity contribution in [1.82, 2.24) is 14.5 Å². The van der Waals surface area contributed by atoms with Gasteiger partial charge in [-0.3, -0.25) is 0 Å². The van der Waals surface area contributed by atoms with Gasteiger partial charge in [-0.25, -0.2) is 14.4 Å². The Morgan fingerprint density at radius 3 is 2.80 bits per heavy atom. The Morgan fingerprint density at radius 1 is 1.15 bits per heavy atom. The van der Waals surface area contributed by atoms with E-state index in [4.69, 9.17) is 11.6 Å². The highest BCUT2D eigenvalue weighted by atomic mass is 35.5. The van der Waals surface area contributed by atoms with Crippen LogP contribution in [0.25, 0.3) is 11.2 Å². The highest BCUT2D eigenvalue weighted by Gasteiger charge is 2.11. The molecule has 2 heterocycles. The van der Waals surface area contributed by atoms with Crippen LogP contribution in [0.5, 0.6) is 0 Å². The lowest BCUT2D eigenvalue weighted by molar-refractivity contribution is 0.592. The van der Waals surface area contributed by atoms with Crippen molar-refractivity contribution in [1.29, 1.82) is 0 Å². The van der Waals surface area contributed by atoms with Gasteiger partial charge in [0.2, 0.25) is 0 Å². The minimum absolute atomic E-state index is 0.183. The predicted octanol–water partition coefficient (Wildman–Crippen LogP) is 3.55. The van der Waals surface area contributed by atoms with E-state index in [1.165, 1.54) is 6.07 Å². The summed E-state index contributed by atoms with van der Waals surface area (Å²) < 4.78 is 15.6. The molecule has 0 bridgehead atoms. The van der Waals surface area contributed by atoms with Crippen LogP contribution in [0.15, 0.2) is 42.6 Å². The van der Waals surface area contributed by atoms with Crippen molar-refractivity contribution in [2.75, 3.05) is 0 Å². The summed E-state index contributed by atoms with van der Waals surface area (Å²) in [5.74, 6) is 0.891. The molecule has 0 radical (unpaired) electrons. The van der Waals surface area contributed by atoms with Crippen molar-refractivity contribution in [3.05, 3.63) is 59.8 Å². The zero-order chi connectivity index (χ0) is 13.9. The molecule has 2 aromatic heterocycles. The average Bonchev–Trinajstić information content (AvgIpc) is 2.84. The summed E-state index contributed by atoms with van der Waals surface area (Å²) in [5.41, 5.74) is 2.29. The van der Waals surface area contributed by atoms with Crippen molar-refractivity contribution in [3.8, 4) is 0 Å². The maximum atomic E-state index is 13.6. The summed E-state index contributed by atoms with van der Waals surface area (Å²) in [6.45, 7) is 0.608. The maximum Gasteiger partial charge on any atom is 0.160 e. The first kappa shape index (κ1) is 13.1. The van der Waals surface area contributed by atoms with Gasteiger partial charge in [-0.1, -0.05) is 18.2 Å². The zero-order valence-corrected chi connectivity index (χ0v) is 11.5. The molecule has 0 N–H and O–H groups in total. The molecule has 20 heavy (non-hydrogen) atoms. The van der Waals surface area contributed by atoms with Crippen LogP contribution in [0.2, 0.25) is 0 Å². The number of pyridine rings is 1. The van der Waals surface area contributed by atoms with Gasteiger partial charge in [-0.15, -0.1) is 11.6 Å². The third-order valence-electron chi connectivity index (χ3n) is 3.26. The maximum absolute atomic E-state index is 13.6. The lowest BCUT2D eigenvalue weighted by Crippen LogP contribution is -2.06. The smallest absolute Gasteiger partial charge is 0.160 e. The average molecular weight is 290 g/mol. The van der Waals surface area contributed by atoms with Crippen LogP contribution in [0, 0.1) is 5.82 Å². The standard InChI is InChI=1S/C15H13ClFN3/c16-10-14-19-13-6-3-8-18-15(13)20(14)9-7-11-4-1-2-5-12(11)17/h1-6,8H,7,9-10H2. The number of halogens is 2. The van der Waals surface area contributed by atoms with Crippen LogP contribution in [-0.2, 0) is 18.8 Å². The molecular weight excluding hydrogens is 277 g/mol. The molecule has 0 aliphatic heterocycles. The fraction of sp³-hybridized carbons (Fsp3) is 0.200. The second-order valence-electron chi connectivity index (χ2n) is 4.50. The second kappa shape index (κ2) is 5.59.